The monoisotopic (exact) mass is 529 g/mol. The molecular formula is C22H25Cl2N3O4S2. The first-order valence-corrected chi connectivity index (χ1v) is 13.6. The van der Waals surface area contributed by atoms with Gasteiger partial charge in [0.25, 0.3) is 0 Å². The summed E-state index contributed by atoms with van der Waals surface area (Å²) < 4.78 is 31.9. The summed E-state index contributed by atoms with van der Waals surface area (Å²) in [6.07, 6.45) is 0. The number of amides is 1. The normalized spacial score (nSPS) is 11.8. The number of nitrogens with zero attached hydrogens (tertiary/aromatic N) is 3. The highest BCUT2D eigenvalue weighted by molar-refractivity contribution is 7.92. The molecule has 0 saturated heterocycles. The van der Waals surface area contributed by atoms with E-state index in [-0.39, 0.29) is 11.4 Å². The minimum absolute atomic E-state index is 0.0398. The molecule has 0 aliphatic carbocycles. The maximum Gasteiger partial charge on any atom is 0.244 e. The zero-order chi connectivity index (χ0) is 24.2. The van der Waals surface area contributed by atoms with Crippen LogP contribution >= 0.6 is 34.5 Å². The number of aromatic nitrogens is 1. The number of fused-ring (bicyclic) bond motifs is 1. The van der Waals surface area contributed by atoms with Gasteiger partial charge < -0.3 is 9.64 Å². The Balaban J connectivity index is 1.97. The van der Waals surface area contributed by atoms with Crippen molar-refractivity contribution in [2.45, 2.75) is 18.7 Å². The van der Waals surface area contributed by atoms with Gasteiger partial charge in [0.15, 0.2) is 15.0 Å². The quantitative estimate of drug-likeness (QED) is 0.376. The number of ether oxygens (including phenoxy) is 1. The second kappa shape index (κ2) is 11.0. The van der Waals surface area contributed by atoms with E-state index in [2.05, 4.69) is 9.88 Å². The number of anilines is 1. The largest absolute Gasteiger partial charge is 0.494 e. The summed E-state index contributed by atoms with van der Waals surface area (Å²) in [5, 5.41) is 1.28. The van der Waals surface area contributed by atoms with Crippen molar-refractivity contribution in [3.63, 3.8) is 0 Å². The summed E-state index contributed by atoms with van der Waals surface area (Å²) in [7, 11) is -2.34. The van der Waals surface area contributed by atoms with E-state index in [9.17, 15) is 13.2 Å². The van der Waals surface area contributed by atoms with Gasteiger partial charge in [0.1, 0.15) is 17.0 Å². The van der Waals surface area contributed by atoms with Crippen LogP contribution in [0.2, 0.25) is 10.0 Å². The standard InChI is InChI=1S/C22H25Cl2N3O4S2/c1-4-26(5-2)12-13-27(19(28)14-33(29,30)16-8-6-15(23)7-9-16)22-25-20-18(31-3)11-10-17(24)21(20)32-22/h6-11H,4-5,12-14H2,1-3H3. The molecule has 3 aromatic rings. The fourth-order valence-electron chi connectivity index (χ4n) is 3.30. The van der Waals surface area contributed by atoms with E-state index in [1.54, 1.807) is 12.1 Å². The third-order valence-electron chi connectivity index (χ3n) is 5.22. The van der Waals surface area contributed by atoms with Crippen molar-refractivity contribution >= 4 is 65.6 Å². The maximum absolute atomic E-state index is 13.3. The molecule has 33 heavy (non-hydrogen) atoms. The molecule has 2 aromatic carbocycles. The molecule has 3 rings (SSSR count). The summed E-state index contributed by atoms with van der Waals surface area (Å²) in [5.41, 5.74) is 0.534. The molecule has 7 nitrogen and oxygen atoms in total. The predicted octanol–water partition coefficient (Wildman–Crippen LogP) is 4.76. The summed E-state index contributed by atoms with van der Waals surface area (Å²) in [6.45, 7) is 6.53. The molecule has 0 unspecified atom stereocenters. The fraction of sp³-hybridized carbons (Fsp3) is 0.364. The lowest BCUT2D eigenvalue weighted by molar-refractivity contribution is -0.116. The summed E-state index contributed by atoms with van der Waals surface area (Å²) in [6, 6.07) is 9.18. The van der Waals surface area contributed by atoms with Crippen molar-refractivity contribution in [2.75, 3.05) is 43.9 Å². The van der Waals surface area contributed by atoms with E-state index in [0.29, 0.717) is 37.7 Å². The minimum atomic E-state index is -3.87. The van der Waals surface area contributed by atoms with Gasteiger partial charge in [-0.05, 0) is 49.5 Å². The van der Waals surface area contributed by atoms with Gasteiger partial charge >= 0.3 is 0 Å². The Morgan fingerprint density at radius 3 is 2.33 bits per heavy atom. The Morgan fingerprint density at radius 1 is 1.06 bits per heavy atom. The van der Waals surface area contributed by atoms with Gasteiger partial charge in [0, 0.05) is 18.1 Å². The Morgan fingerprint density at radius 2 is 1.73 bits per heavy atom. The van der Waals surface area contributed by atoms with Crippen molar-refractivity contribution in [3.8, 4) is 5.75 Å². The Kier molecular flexibility index (Phi) is 8.58. The van der Waals surface area contributed by atoms with Gasteiger partial charge in [0.05, 0.1) is 21.7 Å². The Bertz CT molecular complexity index is 1230. The number of hydrogen-bond acceptors (Lipinski definition) is 7. The van der Waals surface area contributed by atoms with E-state index < -0.39 is 21.5 Å². The highest BCUT2D eigenvalue weighted by Gasteiger charge is 2.27. The number of benzene rings is 2. The molecule has 1 aromatic heterocycles. The highest BCUT2D eigenvalue weighted by atomic mass is 35.5. The van der Waals surface area contributed by atoms with Gasteiger partial charge in [-0.3, -0.25) is 9.69 Å². The van der Waals surface area contributed by atoms with Crippen LogP contribution in [0.1, 0.15) is 13.8 Å². The van der Waals surface area contributed by atoms with Gasteiger partial charge in [0.2, 0.25) is 5.91 Å². The van der Waals surface area contributed by atoms with Crippen LogP contribution < -0.4 is 9.64 Å². The zero-order valence-electron chi connectivity index (χ0n) is 18.5. The number of sulfone groups is 1. The van der Waals surface area contributed by atoms with Gasteiger partial charge in [-0.2, -0.15) is 0 Å². The molecule has 0 fully saturated rings. The lowest BCUT2D eigenvalue weighted by Gasteiger charge is -2.24. The predicted molar refractivity (Wildman–Crippen MR) is 135 cm³/mol. The smallest absolute Gasteiger partial charge is 0.244 e. The molecule has 1 amide bonds. The molecule has 1 heterocycles. The molecule has 0 saturated carbocycles. The van der Waals surface area contributed by atoms with Crippen LogP contribution in [0.4, 0.5) is 5.13 Å². The number of carbonyl (C=O) groups excluding carboxylic acids is 1. The molecular weight excluding hydrogens is 505 g/mol. The lowest BCUT2D eigenvalue weighted by atomic mass is 10.3. The number of halogens is 2. The molecule has 0 aliphatic rings. The number of carbonyl (C=O) groups is 1. The van der Waals surface area contributed by atoms with E-state index in [4.69, 9.17) is 27.9 Å². The molecule has 0 radical (unpaired) electrons. The number of thiazole rings is 1. The van der Waals surface area contributed by atoms with E-state index in [1.165, 1.54) is 47.6 Å². The average Bonchev–Trinajstić information content (AvgIpc) is 3.23. The zero-order valence-corrected chi connectivity index (χ0v) is 21.7. The van der Waals surface area contributed by atoms with E-state index >= 15 is 0 Å². The highest BCUT2D eigenvalue weighted by Crippen LogP contribution is 2.38. The molecule has 0 atom stereocenters. The molecule has 0 spiro atoms. The number of likely N-dealkylation sites (N-methyl/N-ethyl adjacent to an activating group) is 1. The minimum Gasteiger partial charge on any atom is -0.494 e. The van der Waals surface area contributed by atoms with Crippen molar-refractivity contribution in [2.24, 2.45) is 0 Å². The van der Waals surface area contributed by atoms with Gasteiger partial charge in [-0.25, -0.2) is 13.4 Å². The van der Waals surface area contributed by atoms with Crippen molar-refractivity contribution < 1.29 is 17.9 Å². The first-order chi connectivity index (χ1) is 15.7. The van der Waals surface area contributed by atoms with E-state index in [0.717, 1.165) is 13.1 Å². The Hall–Kier alpha value is -1.91. The SMILES string of the molecule is CCN(CC)CCN(C(=O)CS(=O)(=O)c1ccc(Cl)cc1)c1nc2c(OC)ccc(Cl)c2s1. The average molecular weight is 530 g/mol. The second-order valence-corrected chi connectivity index (χ2v) is 11.0. The fourth-order valence-corrected chi connectivity index (χ4v) is 5.92. The number of rotatable bonds is 10. The topological polar surface area (TPSA) is 79.8 Å². The number of hydrogen-bond donors (Lipinski definition) is 0. The molecule has 0 aliphatic heterocycles. The van der Waals surface area contributed by atoms with E-state index in [1.807, 2.05) is 13.8 Å². The molecule has 178 valence electrons. The molecule has 0 bridgehead atoms. The summed E-state index contributed by atoms with van der Waals surface area (Å²) >= 11 is 13.5. The third kappa shape index (κ3) is 5.96. The van der Waals surface area contributed by atoms with Crippen molar-refractivity contribution in [1.82, 2.24) is 9.88 Å². The molecule has 11 heteroatoms. The first kappa shape index (κ1) is 25.7. The van der Waals surface area contributed by atoms with Crippen LogP contribution in [0, 0.1) is 0 Å². The second-order valence-electron chi connectivity index (χ2n) is 7.21. The molecule has 0 N–H and O–H groups in total. The number of methoxy groups -OCH3 is 1. The Labute approximate surface area is 207 Å². The van der Waals surface area contributed by atoms with Gasteiger partial charge in [-0.1, -0.05) is 48.4 Å². The summed E-state index contributed by atoms with van der Waals surface area (Å²) in [5.74, 6) is -0.721. The first-order valence-electron chi connectivity index (χ1n) is 10.3. The van der Waals surface area contributed by atoms with Crippen LogP contribution in [0.5, 0.6) is 5.75 Å². The van der Waals surface area contributed by atoms with Crippen molar-refractivity contribution in [3.05, 3.63) is 46.4 Å². The van der Waals surface area contributed by atoms with Crippen LogP contribution in [0.15, 0.2) is 41.3 Å². The van der Waals surface area contributed by atoms with Crippen LogP contribution in [0.25, 0.3) is 10.2 Å². The van der Waals surface area contributed by atoms with Crippen LogP contribution in [0.3, 0.4) is 0 Å². The third-order valence-corrected chi connectivity index (χ3v) is 8.63. The van der Waals surface area contributed by atoms with Crippen molar-refractivity contribution in [1.29, 1.82) is 0 Å². The van der Waals surface area contributed by atoms with Crippen LogP contribution in [-0.2, 0) is 14.6 Å². The van der Waals surface area contributed by atoms with Crippen LogP contribution in [-0.4, -0.2) is 63.3 Å². The maximum atomic E-state index is 13.3. The lowest BCUT2D eigenvalue weighted by Crippen LogP contribution is -2.41. The summed E-state index contributed by atoms with van der Waals surface area (Å²) in [4.78, 5) is 21.5. The van der Waals surface area contributed by atoms with Gasteiger partial charge in [-0.15, -0.1) is 0 Å².